The fraction of sp³-hybridized carbons (Fsp3) is 0.0909. The van der Waals surface area contributed by atoms with Crippen molar-refractivity contribution in [2.24, 2.45) is 4.99 Å². The summed E-state index contributed by atoms with van der Waals surface area (Å²) in [7, 11) is 0. The molecule has 0 amide bonds. The summed E-state index contributed by atoms with van der Waals surface area (Å²) in [5, 5.41) is 8.47. The summed E-state index contributed by atoms with van der Waals surface area (Å²) in [6, 6.07) is 1.31. The zero-order valence-corrected chi connectivity index (χ0v) is 7.93. The smallest absolute Gasteiger partial charge is 0.302 e. The van der Waals surface area contributed by atoms with Gasteiger partial charge >= 0.3 is 5.78 Å². The van der Waals surface area contributed by atoms with E-state index in [4.69, 9.17) is 10.00 Å². The number of ketones is 2. The highest BCUT2D eigenvalue weighted by molar-refractivity contribution is 6.47. The van der Waals surface area contributed by atoms with Crippen molar-refractivity contribution in [1.82, 2.24) is 0 Å². The molecule has 0 aliphatic carbocycles. The largest absolute Gasteiger partial charge is 0.469 e. The van der Waals surface area contributed by atoms with Crippen LogP contribution in [0, 0.1) is 11.3 Å². The summed E-state index contributed by atoms with van der Waals surface area (Å²) in [4.78, 5) is 26.9. The topological polar surface area (TPSA) is 79.5 Å². The van der Waals surface area contributed by atoms with E-state index in [1.807, 2.05) is 0 Å². The maximum Gasteiger partial charge on any atom is 0.302 e. The molecule has 0 N–H and O–H groups in total. The highest BCUT2D eigenvalue weighted by Gasteiger charge is 2.55. The molecular formula is C11H4N2O3. The molecule has 3 heterocycles. The van der Waals surface area contributed by atoms with E-state index >= 15 is 0 Å². The highest BCUT2D eigenvalue weighted by Crippen LogP contribution is 2.47. The minimum atomic E-state index is -1.44. The number of nitriles is 1. The van der Waals surface area contributed by atoms with Crippen LogP contribution in [0.1, 0.15) is 0 Å². The molecule has 0 saturated carbocycles. The Kier molecular flexibility index (Phi) is 1.40. The fourth-order valence-electron chi connectivity index (χ4n) is 2.01. The summed E-state index contributed by atoms with van der Waals surface area (Å²) < 4.78 is 5.40. The highest BCUT2D eigenvalue weighted by atomic mass is 16.5. The van der Waals surface area contributed by atoms with Gasteiger partial charge in [-0.05, 0) is 12.2 Å². The minimum absolute atomic E-state index is 0.520. The first-order chi connectivity index (χ1) is 7.69. The first-order valence-corrected chi connectivity index (χ1v) is 4.54. The van der Waals surface area contributed by atoms with Gasteiger partial charge in [-0.1, -0.05) is 0 Å². The Morgan fingerprint density at radius 1 is 1.50 bits per heavy atom. The minimum Gasteiger partial charge on any atom is -0.469 e. The Labute approximate surface area is 90.0 Å². The van der Waals surface area contributed by atoms with Crippen LogP contribution in [-0.4, -0.2) is 23.4 Å². The van der Waals surface area contributed by atoms with E-state index in [2.05, 4.69) is 4.99 Å². The molecule has 5 nitrogen and oxygen atoms in total. The second-order valence-electron chi connectivity index (χ2n) is 3.54. The second-order valence-corrected chi connectivity index (χ2v) is 3.54. The number of rotatable bonds is 2. The average molecular weight is 212 g/mol. The molecule has 2 bridgehead atoms. The molecule has 3 rings (SSSR count). The molecule has 0 fully saturated rings. The SMILES string of the molecule is N#CC(=O)C(=O)C12C=CC(=C3C=NC=C31)O2. The number of ether oxygens (including phenoxy) is 1. The third-order valence-corrected chi connectivity index (χ3v) is 2.75. The molecule has 76 valence electrons. The molecule has 0 radical (unpaired) electrons. The van der Waals surface area contributed by atoms with Crippen LogP contribution in [0.3, 0.4) is 0 Å². The number of fused-ring (bicyclic) bond motifs is 4. The fourth-order valence-corrected chi connectivity index (χ4v) is 2.01. The van der Waals surface area contributed by atoms with Gasteiger partial charge in [-0.25, -0.2) is 0 Å². The zero-order valence-electron chi connectivity index (χ0n) is 7.93. The van der Waals surface area contributed by atoms with Gasteiger partial charge in [-0.15, -0.1) is 0 Å². The van der Waals surface area contributed by atoms with Gasteiger partial charge < -0.3 is 4.74 Å². The predicted octanol–water partition coefficient (Wildman–Crippen LogP) is 0.209. The van der Waals surface area contributed by atoms with E-state index in [1.165, 1.54) is 18.3 Å². The van der Waals surface area contributed by atoms with Crippen molar-refractivity contribution in [2.75, 3.05) is 0 Å². The summed E-state index contributed by atoms with van der Waals surface area (Å²) in [6.07, 6.45) is 6.16. The molecule has 1 atom stereocenters. The van der Waals surface area contributed by atoms with Gasteiger partial charge in [-0.2, -0.15) is 5.26 Å². The van der Waals surface area contributed by atoms with Crippen molar-refractivity contribution in [1.29, 1.82) is 5.26 Å². The summed E-state index contributed by atoms with van der Waals surface area (Å²) in [6.45, 7) is 0. The Morgan fingerprint density at radius 3 is 3.06 bits per heavy atom. The standard InChI is InChI=1S/C11H4N2O3/c12-3-8(14)10(15)11-2-1-9(16-11)6-4-13-5-7(6)11/h1-2,4-5H. The molecule has 1 unspecified atom stereocenters. The van der Waals surface area contributed by atoms with E-state index in [9.17, 15) is 9.59 Å². The Morgan fingerprint density at radius 2 is 2.31 bits per heavy atom. The first kappa shape index (κ1) is 8.80. The molecule has 3 aliphatic rings. The Bertz CT molecular complexity index is 601. The summed E-state index contributed by atoms with van der Waals surface area (Å²) in [5.74, 6) is -1.46. The third kappa shape index (κ3) is 0.777. The number of aliphatic imine (C=N–C) groups is 1. The van der Waals surface area contributed by atoms with Gasteiger partial charge in [0.25, 0.3) is 5.78 Å². The molecule has 0 aromatic rings. The van der Waals surface area contributed by atoms with Crippen molar-refractivity contribution < 1.29 is 14.3 Å². The zero-order chi connectivity index (χ0) is 11.3. The van der Waals surface area contributed by atoms with E-state index < -0.39 is 17.2 Å². The van der Waals surface area contributed by atoms with Gasteiger partial charge in [0.2, 0.25) is 5.60 Å². The van der Waals surface area contributed by atoms with Gasteiger partial charge in [0.05, 0.1) is 0 Å². The maximum atomic E-state index is 11.8. The van der Waals surface area contributed by atoms with Crippen LogP contribution in [0.2, 0.25) is 0 Å². The predicted molar refractivity (Wildman–Crippen MR) is 52.2 cm³/mol. The number of carbonyl (C=O) groups is 2. The van der Waals surface area contributed by atoms with E-state index in [1.54, 1.807) is 12.3 Å². The molecule has 0 aromatic carbocycles. The summed E-state index contributed by atoms with van der Waals surface area (Å²) >= 11 is 0. The number of hydrogen-bond acceptors (Lipinski definition) is 5. The van der Waals surface area contributed by atoms with Crippen molar-refractivity contribution >= 4 is 17.8 Å². The van der Waals surface area contributed by atoms with Crippen LogP contribution < -0.4 is 0 Å². The second kappa shape index (κ2) is 2.55. The lowest BCUT2D eigenvalue weighted by Crippen LogP contribution is -2.41. The number of nitrogens with zero attached hydrogens (tertiary/aromatic N) is 2. The molecule has 0 spiro atoms. The van der Waals surface area contributed by atoms with Crippen LogP contribution in [-0.2, 0) is 14.3 Å². The Hall–Kier alpha value is -2.48. The quantitative estimate of drug-likeness (QED) is 0.484. The molecule has 16 heavy (non-hydrogen) atoms. The first-order valence-electron chi connectivity index (χ1n) is 4.54. The van der Waals surface area contributed by atoms with Crippen molar-refractivity contribution in [3.05, 3.63) is 35.3 Å². The van der Waals surface area contributed by atoms with Gasteiger partial charge in [0, 0.05) is 23.6 Å². The van der Waals surface area contributed by atoms with Crippen LogP contribution in [0.15, 0.2) is 40.2 Å². The Balaban J connectivity index is 2.12. The lowest BCUT2D eigenvalue weighted by atomic mass is 9.84. The number of Topliss-reactive ketones (excluding diaryl/α,β-unsaturated/α-hetero) is 2. The number of carbonyl (C=O) groups excluding carboxylic acids is 2. The maximum absolute atomic E-state index is 11.8. The lowest BCUT2D eigenvalue weighted by Gasteiger charge is -2.20. The van der Waals surface area contributed by atoms with Gasteiger partial charge in [-0.3, -0.25) is 14.6 Å². The van der Waals surface area contributed by atoms with Crippen LogP contribution >= 0.6 is 0 Å². The number of allylic oxidation sites excluding steroid dienone is 1. The van der Waals surface area contributed by atoms with E-state index in [-0.39, 0.29) is 0 Å². The van der Waals surface area contributed by atoms with Gasteiger partial charge in [0.15, 0.2) is 0 Å². The normalized spacial score (nSPS) is 27.6. The molecular weight excluding hydrogens is 208 g/mol. The monoisotopic (exact) mass is 212 g/mol. The van der Waals surface area contributed by atoms with Gasteiger partial charge in [0.1, 0.15) is 11.8 Å². The van der Waals surface area contributed by atoms with E-state index in [0.29, 0.717) is 16.9 Å². The van der Waals surface area contributed by atoms with Crippen molar-refractivity contribution in [3.63, 3.8) is 0 Å². The van der Waals surface area contributed by atoms with E-state index in [0.717, 1.165) is 0 Å². The van der Waals surface area contributed by atoms with Crippen molar-refractivity contribution in [2.45, 2.75) is 5.60 Å². The number of hydrogen-bond donors (Lipinski definition) is 0. The van der Waals surface area contributed by atoms with Crippen LogP contribution in [0.5, 0.6) is 0 Å². The average Bonchev–Trinajstić information content (AvgIpc) is 2.97. The lowest BCUT2D eigenvalue weighted by molar-refractivity contribution is -0.140. The molecule has 3 aliphatic heterocycles. The molecule has 5 heteroatoms. The van der Waals surface area contributed by atoms with Crippen LogP contribution in [0.25, 0.3) is 0 Å². The summed E-state index contributed by atoms with van der Waals surface area (Å²) in [5.41, 5.74) is -0.186. The van der Waals surface area contributed by atoms with Crippen LogP contribution in [0.4, 0.5) is 0 Å². The molecule has 0 saturated heterocycles. The third-order valence-electron chi connectivity index (χ3n) is 2.75. The molecule has 0 aromatic heterocycles. The van der Waals surface area contributed by atoms with Crippen molar-refractivity contribution in [3.8, 4) is 6.07 Å².